The van der Waals surface area contributed by atoms with Crippen LogP contribution < -0.4 is 16.2 Å². The van der Waals surface area contributed by atoms with E-state index in [1.165, 1.54) is 0 Å². The average molecular weight is 272 g/mol. The second-order valence-corrected chi connectivity index (χ2v) is 4.06. The van der Waals surface area contributed by atoms with E-state index in [1.807, 2.05) is 13.0 Å². The number of ether oxygens (including phenoxy) is 1. The molecule has 1 aromatic carbocycles. The van der Waals surface area contributed by atoms with Gasteiger partial charge in [0.15, 0.2) is 17.2 Å². The summed E-state index contributed by atoms with van der Waals surface area (Å²) in [6.07, 6.45) is 1.12. The fourth-order valence-corrected chi connectivity index (χ4v) is 1.52. The van der Waals surface area contributed by atoms with Crippen molar-refractivity contribution in [1.29, 1.82) is 0 Å². The van der Waals surface area contributed by atoms with Crippen molar-refractivity contribution < 1.29 is 14.3 Å². The number of amides is 1. The van der Waals surface area contributed by atoms with E-state index in [4.69, 9.17) is 16.2 Å². The Morgan fingerprint density at radius 3 is 2.70 bits per heavy atom. The Hall–Kier alpha value is -2.96. The molecule has 7 heteroatoms. The summed E-state index contributed by atoms with van der Waals surface area (Å²) < 4.78 is 5.12. The van der Waals surface area contributed by atoms with Crippen molar-refractivity contribution in [2.75, 3.05) is 5.73 Å². The van der Waals surface area contributed by atoms with Gasteiger partial charge >= 0.3 is 5.97 Å². The largest absolute Gasteiger partial charge is 0.422 e. The number of aryl methyl sites for hydroxylation is 1. The van der Waals surface area contributed by atoms with Crippen LogP contribution in [-0.2, 0) is 0 Å². The zero-order valence-electron chi connectivity index (χ0n) is 10.7. The summed E-state index contributed by atoms with van der Waals surface area (Å²) in [4.78, 5) is 30.4. The summed E-state index contributed by atoms with van der Waals surface area (Å²) in [7, 11) is 0. The van der Waals surface area contributed by atoms with Crippen LogP contribution in [0.25, 0.3) is 0 Å². The van der Waals surface area contributed by atoms with E-state index < -0.39 is 11.9 Å². The Balaban J connectivity index is 2.26. The number of rotatable bonds is 3. The highest BCUT2D eigenvalue weighted by Gasteiger charge is 2.16. The molecular formula is C13H12N4O3. The quantitative estimate of drug-likeness (QED) is 0.626. The van der Waals surface area contributed by atoms with Gasteiger partial charge in [-0.2, -0.15) is 0 Å². The number of hydrogen-bond donors (Lipinski definition) is 2. The standard InChI is InChI=1S/C13H12N4O3/c1-7-3-2-4-8(5-7)20-13(19)9-6-16-11(14)10(17-9)12(15)18/h2-6H,1H3,(H2,14,16)(H2,15,18). The molecule has 2 rings (SSSR count). The maximum atomic E-state index is 11.9. The lowest BCUT2D eigenvalue weighted by Crippen LogP contribution is -2.20. The second-order valence-electron chi connectivity index (χ2n) is 4.06. The molecule has 20 heavy (non-hydrogen) atoms. The zero-order chi connectivity index (χ0) is 14.7. The van der Waals surface area contributed by atoms with E-state index in [9.17, 15) is 9.59 Å². The SMILES string of the molecule is Cc1cccc(OC(=O)c2cnc(N)c(C(N)=O)n2)c1. The maximum absolute atomic E-state index is 11.9. The summed E-state index contributed by atoms with van der Waals surface area (Å²) in [5.41, 5.74) is 11.1. The van der Waals surface area contributed by atoms with Crippen molar-refractivity contribution >= 4 is 17.7 Å². The van der Waals surface area contributed by atoms with Gasteiger partial charge in [0.1, 0.15) is 5.75 Å². The molecule has 0 radical (unpaired) electrons. The van der Waals surface area contributed by atoms with Gasteiger partial charge in [0.2, 0.25) is 0 Å². The summed E-state index contributed by atoms with van der Waals surface area (Å²) in [6.45, 7) is 1.87. The Bertz CT molecular complexity index is 685. The molecule has 1 aromatic heterocycles. The molecule has 0 bridgehead atoms. The Labute approximate surface area is 114 Å². The number of benzene rings is 1. The van der Waals surface area contributed by atoms with Crippen molar-refractivity contribution in [3.63, 3.8) is 0 Å². The van der Waals surface area contributed by atoms with Gasteiger partial charge in [0, 0.05) is 0 Å². The predicted molar refractivity (Wildman–Crippen MR) is 71.1 cm³/mol. The minimum atomic E-state index is -0.861. The molecule has 2 aromatic rings. The first kappa shape index (κ1) is 13.5. The molecule has 1 heterocycles. The van der Waals surface area contributed by atoms with Gasteiger partial charge in [-0.1, -0.05) is 12.1 Å². The molecule has 0 saturated heterocycles. The van der Waals surface area contributed by atoms with Gasteiger partial charge in [0.05, 0.1) is 6.20 Å². The molecule has 0 unspecified atom stereocenters. The Kier molecular flexibility index (Phi) is 3.60. The first-order chi connectivity index (χ1) is 9.47. The molecule has 0 fully saturated rings. The molecular weight excluding hydrogens is 260 g/mol. The molecule has 0 spiro atoms. The first-order valence-electron chi connectivity index (χ1n) is 5.68. The molecule has 4 N–H and O–H groups in total. The van der Waals surface area contributed by atoms with Crippen LogP contribution in [0.5, 0.6) is 5.75 Å². The van der Waals surface area contributed by atoms with Crippen molar-refractivity contribution in [3.05, 3.63) is 47.4 Å². The van der Waals surface area contributed by atoms with E-state index in [-0.39, 0.29) is 17.2 Å². The Morgan fingerprint density at radius 1 is 1.30 bits per heavy atom. The zero-order valence-corrected chi connectivity index (χ0v) is 10.7. The monoisotopic (exact) mass is 272 g/mol. The summed E-state index contributed by atoms with van der Waals surface area (Å²) >= 11 is 0. The van der Waals surface area contributed by atoms with E-state index in [0.29, 0.717) is 5.75 Å². The van der Waals surface area contributed by atoms with Crippen molar-refractivity contribution in [2.45, 2.75) is 6.92 Å². The molecule has 102 valence electrons. The van der Waals surface area contributed by atoms with Gasteiger partial charge in [-0.25, -0.2) is 14.8 Å². The molecule has 7 nitrogen and oxygen atoms in total. The van der Waals surface area contributed by atoms with Crippen molar-refractivity contribution in [3.8, 4) is 5.75 Å². The van der Waals surface area contributed by atoms with Crippen molar-refractivity contribution in [1.82, 2.24) is 9.97 Å². The smallest absolute Gasteiger partial charge is 0.363 e. The van der Waals surface area contributed by atoms with Gasteiger partial charge in [-0.05, 0) is 24.6 Å². The second kappa shape index (κ2) is 5.35. The number of carbonyl (C=O) groups is 2. The minimum Gasteiger partial charge on any atom is -0.422 e. The van der Waals surface area contributed by atoms with Crippen LogP contribution in [0, 0.1) is 6.92 Å². The third-order valence-corrected chi connectivity index (χ3v) is 2.44. The third-order valence-electron chi connectivity index (χ3n) is 2.44. The fraction of sp³-hybridized carbons (Fsp3) is 0.0769. The number of nitrogens with two attached hydrogens (primary N) is 2. The number of nitrogen functional groups attached to an aromatic ring is 1. The van der Waals surface area contributed by atoms with Gasteiger partial charge < -0.3 is 16.2 Å². The van der Waals surface area contributed by atoms with E-state index >= 15 is 0 Å². The van der Waals surface area contributed by atoms with Crippen LogP contribution in [0.1, 0.15) is 26.5 Å². The van der Waals surface area contributed by atoms with Crippen LogP contribution in [0.3, 0.4) is 0 Å². The van der Waals surface area contributed by atoms with Crippen LogP contribution in [0.15, 0.2) is 30.5 Å². The fourth-order valence-electron chi connectivity index (χ4n) is 1.52. The van der Waals surface area contributed by atoms with E-state index in [1.54, 1.807) is 18.2 Å². The highest BCUT2D eigenvalue weighted by molar-refractivity contribution is 5.97. The topological polar surface area (TPSA) is 121 Å². The van der Waals surface area contributed by atoms with E-state index in [2.05, 4.69) is 9.97 Å². The summed E-state index contributed by atoms with van der Waals surface area (Å²) in [5, 5.41) is 0. The highest BCUT2D eigenvalue weighted by Crippen LogP contribution is 2.14. The normalized spacial score (nSPS) is 10.1. The summed E-state index contributed by atoms with van der Waals surface area (Å²) in [5.74, 6) is -1.37. The maximum Gasteiger partial charge on any atom is 0.363 e. The lowest BCUT2D eigenvalue weighted by Gasteiger charge is -2.06. The molecule has 0 aliphatic heterocycles. The van der Waals surface area contributed by atoms with E-state index in [0.717, 1.165) is 11.8 Å². The first-order valence-corrected chi connectivity index (χ1v) is 5.68. The molecule has 0 atom stereocenters. The number of carbonyl (C=O) groups excluding carboxylic acids is 2. The van der Waals surface area contributed by atoms with Crippen LogP contribution in [-0.4, -0.2) is 21.8 Å². The summed E-state index contributed by atoms with van der Waals surface area (Å²) in [6, 6.07) is 6.94. The van der Waals surface area contributed by atoms with Crippen LogP contribution >= 0.6 is 0 Å². The predicted octanol–water partition coefficient (Wildman–Crippen LogP) is 0.685. The molecule has 0 saturated carbocycles. The number of hydrogen-bond acceptors (Lipinski definition) is 6. The lowest BCUT2D eigenvalue weighted by molar-refractivity contribution is 0.0728. The molecule has 0 aliphatic rings. The number of esters is 1. The average Bonchev–Trinajstić information content (AvgIpc) is 2.38. The minimum absolute atomic E-state index is 0.135. The molecule has 0 aliphatic carbocycles. The number of primary amides is 1. The highest BCUT2D eigenvalue weighted by atomic mass is 16.5. The number of anilines is 1. The Morgan fingerprint density at radius 2 is 2.05 bits per heavy atom. The van der Waals surface area contributed by atoms with Gasteiger partial charge in [-0.3, -0.25) is 4.79 Å². The lowest BCUT2D eigenvalue weighted by atomic mass is 10.2. The third kappa shape index (κ3) is 2.89. The molecule has 1 amide bonds. The van der Waals surface area contributed by atoms with Crippen LogP contribution in [0.2, 0.25) is 0 Å². The number of nitrogens with zero attached hydrogens (tertiary/aromatic N) is 2. The number of aromatic nitrogens is 2. The van der Waals surface area contributed by atoms with Gasteiger partial charge in [0.25, 0.3) is 5.91 Å². The van der Waals surface area contributed by atoms with Crippen LogP contribution in [0.4, 0.5) is 5.82 Å². The van der Waals surface area contributed by atoms with Crippen molar-refractivity contribution in [2.24, 2.45) is 5.73 Å². The van der Waals surface area contributed by atoms with Gasteiger partial charge in [-0.15, -0.1) is 0 Å².